The van der Waals surface area contributed by atoms with E-state index in [-0.39, 0.29) is 18.1 Å². The van der Waals surface area contributed by atoms with Crippen molar-refractivity contribution in [1.29, 1.82) is 0 Å². The van der Waals surface area contributed by atoms with Crippen molar-refractivity contribution >= 4 is 17.2 Å². The van der Waals surface area contributed by atoms with Gasteiger partial charge in [-0.25, -0.2) is 9.37 Å². The zero-order valence-corrected chi connectivity index (χ0v) is 13.3. The molecule has 0 bridgehead atoms. The quantitative estimate of drug-likeness (QED) is 0.760. The van der Waals surface area contributed by atoms with E-state index >= 15 is 0 Å². The van der Waals surface area contributed by atoms with E-state index in [1.54, 1.807) is 12.1 Å². The number of hydrogen-bond donors (Lipinski definition) is 1. The van der Waals surface area contributed by atoms with Crippen LogP contribution in [-0.4, -0.2) is 30.6 Å². The Morgan fingerprint density at radius 1 is 1.45 bits per heavy atom. The number of amides is 1. The minimum absolute atomic E-state index is 0.0624. The molecule has 0 spiro atoms. The van der Waals surface area contributed by atoms with Crippen LogP contribution in [0.3, 0.4) is 0 Å². The van der Waals surface area contributed by atoms with E-state index in [1.165, 1.54) is 23.5 Å². The second-order valence-corrected chi connectivity index (χ2v) is 5.59. The van der Waals surface area contributed by atoms with Gasteiger partial charge in [0.25, 0.3) is 0 Å². The summed E-state index contributed by atoms with van der Waals surface area (Å²) < 4.78 is 18.4. The van der Waals surface area contributed by atoms with Crippen molar-refractivity contribution in [2.45, 2.75) is 19.8 Å². The highest BCUT2D eigenvalue weighted by Crippen LogP contribution is 2.24. The van der Waals surface area contributed by atoms with Gasteiger partial charge in [-0.1, -0.05) is 12.1 Å². The molecule has 1 heterocycles. The fourth-order valence-corrected chi connectivity index (χ4v) is 2.73. The lowest BCUT2D eigenvalue weighted by atomic mass is 10.2. The van der Waals surface area contributed by atoms with Gasteiger partial charge in [-0.05, 0) is 25.5 Å². The van der Waals surface area contributed by atoms with Gasteiger partial charge >= 0.3 is 0 Å². The Hall–Kier alpha value is -1.79. The summed E-state index contributed by atoms with van der Waals surface area (Å²) in [5.41, 5.74) is 1.43. The van der Waals surface area contributed by atoms with Crippen LogP contribution in [0.25, 0.3) is 10.6 Å². The molecule has 0 fully saturated rings. The molecule has 22 heavy (non-hydrogen) atoms. The van der Waals surface area contributed by atoms with Crippen molar-refractivity contribution in [1.82, 2.24) is 10.3 Å². The number of thiazole rings is 1. The second kappa shape index (κ2) is 8.60. The van der Waals surface area contributed by atoms with E-state index in [0.29, 0.717) is 25.5 Å². The van der Waals surface area contributed by atoms with Gasteiger partial charge in [0, 0.05) is 30.7 Å². The number of ether oxygens (including phenoxy) is 1. The molecule has 0 atom stereocenters. The van der Waals surface area contributed by atoms with Crippen LogP contribution in [0.15, 0.2) is 29.6 Å². The third kappa shape index (κ3) is 5.20. The van der Waals surface area contributed by atoms with Crippen LogP contribution >= 0.6 is 11.3 Å². The van der Waals surface area contributed by atoms with E-state index in [9.17, 15) is 9.18 Å². The zero-order valence-electron chi connectivity index (χ0n) is 12.5. The lowest BCUT2D eigenvalue weighted by Crippen LogP contribution is -2.26. The lowest BCUT2D eigenvalue weighted by molar-refractivity contribution is -0.120. The topological polar surface area (TPSA) is 51.2 Å². The molecule has 2 rings (SSSR count). The van der Waals surface area contributed by atoms with Crippen LogP contribution in [0.1, 0.15) is 19.0 Å². The molecule has 6 heteroatoms. The largest absolute Gasteiger partial charge is 0.382 e. The van der Waals surface area contributed by atoms with Gasteiger partial charge in [0.2, 0.25) is 5.91 Å². The van der Waals surface area contributed by atoms with Gasteiger partial charge in [0.05, 0.1) is 12.1 Å². The van der Waals surface area contributed by atoms with Gasteiger partial charge in [-0.3, -0.25) is 4.79 Å². The maximum Gasteiger partial charge on any atom is 0.226 e. The van der Waals surface area contributed by atoms with Crippen LogP contribution in [0.2, 0.25) is 0 Å². The molecule has 0 aliphatic heterocycles. The second-order valence-electron chi connectivity index (χ2n) is 4.73. The molecule has 2 aromatic rings. The molecule has 1 aromatic heterocycles. The van der Waals surface area contributed by atoms with Crippen LogP contribution in [-0.2, 0) is 16.0 Å². The van der Waals surface area contributed by atoms with E-state index in [0.717, 1.165) is 17.0 Å². The maximum absolute atomic E-state index is 13.2. The van der Waals surface area contributed by atoms with E-state index in [4.69, 9.17) is 4.74 Å². The Kier molecular flexibility index (Phi) is 6.48. The molecule has 0 aliphatic rings. The minimum Gasteiger partial charge on any atom is -0.382 e. The van der Waals surface area contributed by atoms with Crippen LogP contribution in [0.5, 0.6) is 0 Å². The number of nitrogens with zero attached hydrogens (tertiary/aromatic N) is 1. The Labute approximate surface area is 133 Å². The van der Waals surface area contributed by atoms with E-state index in [2.05, 4.69) is 10.3 Å². The Bertz CT molecular complexity index is 616. The highest BCUT2D eigenvalue weighted by Gasteiger charge is 2.09. The summed E-state index contributed by atoms with van der Waals surface area (Å²) in [5.74, 6) is -0.353. The number of hydrogen-bond acceptors (Lipinski definition) is 4. The molecule has 0 aliphatic carbocycles. The normalized spacial score (nSPS) is 10.6. The number of carbonyl (C=O) groups excluding carboxylic acids is 1. The summed E-state index contributed by atoms with van der Waals surface area (Å²) in [7, 11) is 0. The van der Waals surface area contributed by atoms with Gasteiger partial charge in [-0.2, -0.15) is 0 Å². The fraction of sp³-hybridized carbons (Fsp3) is 0.375. The van der Waals surface area contributed by atoms with Gasteiger partial charge in [0.1, 0.15) is 10.8 Å². The minimum atomic E-state index is -0.290. The molecule has 0 saturated carbocycles. The average Bonchev–Trinajstić information content (AvgIpc) is 2.95. The van der Waals surface area contributed by atoms with Crippen molar-refractivity contribution in [3.05, 3.63) is 41.2 Å². The predicted molar refractivity (Wildman–Crippen MR) is 85.3 cm³/mol. The zero-order chi connectivity index (χ0) is 15.8. The highest BCUT2D eigenvalue weighted by atomic mass is 32.1. The first-order valence-electron chi connectivity index (χ1n) is 7.24. The number of nitrogens with one attached hydrogen (secondary N) is 1. The van der Waals surface area contributed by atoms with Crippen molar-refractivity contribution < 1.29 is 13.9 Å². The summed E-state index contributed by atoms with van der Waals surface area (Å²) in [6.45, 7) is 3.88. The van der Waals surface area contributed by atoms with E-state index in [1.807, 2.05) is 12.3 Å². The van der Waals surface area contributed by atoms with Gasteiger partial charge in [-0.15, -0.1) is 11.3 Å². The maximum atomic E-state index is 13.2. The van der Waals surface area contributed by atoms with Crippen molar-refractivity contribution in [3.63, 3.8) is 0 Å². The third-order valence-electron chi connectivity index (χ3n) is 2.96. The number of halogens is 1. The Morgan fingerprint density at radius 3 is 3.09 bits per heavy atom. The van der Waals surface area contributed by atoms with E-state index < -0.39 is 0 Å². The monoisotopic (exact) mass is 322 g/mol. The molecule has 118 valence electrons. The third-order valence-corrected chi connectivity index (χ3v) is 3.90. The van der Waals surface area contributed by atoms with Crippen molar-refractivity contribution in [2.75, 3.05) is 19.8 Å². The first-order chi connectivity index (χ1) is 10.7. The number of benzene rings is 1. The smallest absolute Gasteiger partial charge is 0.226 e. The SMILES string of the molecule is CCOCCCNC(=O)Cc1csc(-c2cccc(F)c2)n1. The van der Waals surface area contributed by atoms with Gasteiger partial charge < -0.3 is 10.1 Å². The summed E-state index contributed by atoms with van der Waals surface area (Å²) in [6.07, 6.45) is 1.03. The molecule has 0 radical (unpaired) electrons. The summed E-state index contributed by atoms with van der Waals surface area (Å²) in [5, 5.41) is 5.39. The van der Waals surface area contributed by atoms with Crippen molar-refractivity contribution in [3.8, 4) is 10.6 Å². The van der Waals surface area contributed by atoms with Crippen LogP contribution in [0, 0.1) is 5.82 Å². The Morgan fingerprint density at radius 2 is 2.32 bits per heavy atom. The Balaban J connectivity index is 1.83. The molecule has 1 aromatic carbocycles. The highest BCUT2D eigenvalue weighted by molar-refractivity contribution is 7.13. The summed E-state index contributed by atoms with van der Waals surface area (Å²) >= 11 is 1.41. The molecular weight excluding hydrogens is 303 g/mol. The molecule has 1 N–H and O–H groups in total. The summed E-state index contributed by atoms with van der Waals surface area (Å²) in [4.78, 5) is 16.2. The molecule has 0 unspecified atom stereocenters. The molecule has 4 nitrogen and oxygen atoms in total. The first-order valence-corrected chi connectivity index (χ1v) is 8.11. The molecule has 0 saturated heterocycles. The number of carbonyl (C=O) groups is 1. The summed E-state index contributed by atoms with van der Waals surface area (Å²) in [6, 6.07) is 6.29. The molecular formula is C16H19FN2O2S. The number of rotatable bonds is 8. The first kappa shape index (κ1) is 16.6. The van der Waals surface area contributed by atoms with Crippen LogP contribution < -0.4 is 5.32 Å². The standard InChI is InChI=1S/C16H19FN2O2S/c1-2-21-8-4-7-18-15(20)10-14-11-22-16(19-14)12-5-3-6-13(17)9-12/h3,5-6,9,11H,2,4,7-8,10H2,1H3,(H,18,20). The lowest BCUT2D eigenvalue weighted by Gasteiger charge is -2.04. The van der Waals surface area contributed by atoms with Gasteiger partial charge in [0.15, 0.2) is 0 Å². The van der Waals surface area contributed by atoms with Crippen molar-refractivity contribution in [2.24, 2.45) is 0 Å². The predicted octanol–water partition coefficient (Wildman–Crippen LogP) is 3.03. The molecule has 1 amide bonds. The fourth-order valence-electron chi connectivity index (χ4n) is 1.92. The number of aromatic nitrogens is 1. The van der Waals surface area contributed by atoms with Crippen LogP contribution in [0.4, 0.5) is 4.39 Å². The average molecular weight is 322 g/mol.